The van der Waals surface area contributed by atoms with Crippen LogP contribution in [0.4, 0.5) is 4.39 Å². The van der Waals surface area contributed by atoms with Crippen LogP contribution < -0.4 is 5.32 Å². The highest BCUT2D eigenvalue weighted by atomic mass is 19.1. The maximum atomic E-state index is 12.7. The van der Waals surface area contributed by atoms with Gasteiger partial charge < -0.3 is 5.32 Å². The predicted molar refractivity (Wildman–Crippen MR) is 53.7 cm³/mol. The minimum atomic E-state index is -0.263. The van der Waals surface area contributed by atoms with Crippen molar-refractivity contribution in [2.24, 2.45) is 0 Å². The Labute approximate surface area is 83.6 Å². The minimum Gasteiger partial charge on any atom is -0.316 e. The topological polar surface area (TPSA) is 24.9 Å². The molecule has 1 aromatic rings. The van der Waals surface area contributed by atoms with Crippen LogP contribution in [0.3, 0.4) is 0 Å². The first kappa shape index (κ1) is 9.59. The first-order valence-electron chi connectivity index (χ1n) is 5.03. The number of hydrogen-bond donors (Lipinski definition) is 1. The molecule has 0 aromatic carbocycles. The molecule has 0 saturated carbocycles. The van der Waals surface area contributed by atoms with Gasteiger partial charge in [-0.25, -0.2) is 4.39 Å². The average molecular weight is 194 g/mol. The fourth-order valence-corrected chi connectivity index (χ4v) is 2.01. The number of rotatable bonds is 1. The van der Waals surface area contributed by atoms with E-state index in [1.807, 2.05) is 0 Å². The molecule has 0 bridgehead atoms. The zero-order valence-corrected chi connectivity index (χ0v) is 8.39. The third-order valence-electron chi connectivity index (χ3n) is 2.94. The van der Waals surface area contributed by atoms with Crippen LogP contribution in [0.1, 0.15) is 25.5 Å². The molecule has 14 heavy (non-hydrogen) atoms. The number of piperidine rings is 1. The van der Waals surface area contributed by atoms with Crippen molar-refractivity contribution in [3.8, 4) is 0 Å². The van der Waals surface area contributed by atoms with Gasteiger partial charge in [-0.3, -0.25) is 4.98 Å². The van der Waals surface area contributed by atoms with Crippen molar-refractivity contribution >= 4 is 0 Å². The van der Waals surface area contributed by atoms with E-state index in [1.165, 1.54) is 12.3 Å². The molecule has 1 fully saturated rings. The lowest BCUT2D eigenvalue weighted by molar-refractivity contribution is 0.331. The van der Waals surface area contributed by atoms with E-state index in [0.717, 1.165) is 31.6 Å². The van der Waals surface area contributed by atoms with Gasteiger partial charge in [-0.1, -0.05) is 6.92 Å². The van der Waals surface area contributed by atoms with Crippen molar-refractivity contribution in [2.75, 3.05) is 13.1 Å². The van der Waals surface area contributed by atoms with Gasteiger partial charge in [0.15, 0.2) is 0 Å². The first-order chi connectivity index (χ1) is 6.71. The molecule has 2 rings (SSSR count). The highest BCUT2D eigenvalue weighted by Crippen LogP contribution is 2.28. The van der Waals surface area contributed by atoms with Gasteiger partial charge >= 0.3 is 0 Å². The molecule has 1 aliphatic rings. The third kappa shape index (κ3) is 1.77. The van der Waals surface area contributed by atoms with E-state index in [-0.39, 0.29) is 11.2 Å². The van der Waals surface area contributed by atoms with Crippen LogP contribution in [0.5, 0.6) is 0 Å². The van der Waals surface area contributed by atoms with E-state index in [0.29, 0.717) is 0 Å². The summed E-state index contributed by atoms with van der Waals surface area (Å²) >= 11 is 0. The van der Waals surface area contributed by atoms with E-state index in [2.05, 4.69) is 17.2 Å². The monoisotopic (exact) mass is 194 g/mol. The largest absolute Gasteiger partial charge is 0.316 e. The Morgan fingerprint density at radius 3 is 2.93 bits per heavy atom. The van der Waals surface area contributed by atoms with Crippen molar-refractivity contribution in [3.05, 3.63) is 29.8 Å². The second-order valence-electron chi connectivity index (χ2n) is 4.20. The van der Waals surface area contributed by atoms with Crippen LogP contribution in [0.15, 0.2) is 18.3 Å². The summed E-state index contributed by atoms with van der Waals surface area (Å²) in [5.41, 5.74) is 1.07. The summed E-state index contributed by atoms with van der Waals surface area (Å²) in [7, 11) is 0. The van der Waals surface area contributed by atoms with Gasteiger partial charge in [-0.15, -0.1) is 0 Å². The number of pyridine rings is 1. The molecule has 2 nitrogen and oxygen atoms in total. The zero-order valence-electron chi connectivity index (χ0n) is 8.39. The second kappa shape index (κ2) is 3.65. The minimum absolute atomic E-state index is 0.0753. The van der Waals surface area contributed by atoms with Crippen molar-refractivity contribution in [2.45, 2.75) is 25.2 Å². The van der Waals surface area contributed by atoms with Gasteiger partial charge in [-0.2, -0.15) is 0 Å². The smallest absolute Gasteiger partial charge is 0.141 e. The molecule has 1 aromatic heterocycles. The van der Waals surface area contributed by atoms with E-state index < -0.39 is 0 Å². The van der Waals surface area contributed by atoms with Gasteiger partial charge in [0, 0.05) is 17.7 Å². The standard InChI is InChI=1S/C11H15FN2/c1-11(5-2-6-13-8-11)10-4-3-9(12)7-14-10/h3-4,7,13H,2,5-6,8H2,1H3. The van der Waals surface area contributed by atoms with Crippen LogP contribution in [0.2, 0.25) is 0 Å². The molecule has 1 atom stereocenters. The number of halogens is 1. The number of hydrogen-bond acceptors (Lipinski definition) is 2. The summed E-state index contributed by atoms with van der Waals surface area (Å²) in [6.07, 6.45) is 3.59. The van der Waals surface area contributed by atoms with Gasteiger partial charge in [0.25, 0.3) is 0 Å². The summed E-state index contributed by atoms with van der Waals surface area (Å²) in [6, 6.07) is 3.28. The Hall–Kier alpha value is -0.960. The normalized spacial score (nSPS) is 27.6. The maximum absolute atomic E-state index is 12.7. The summed E-state index contributed by atoms with van der Waals surface area (Å²) in [5.74, 6) is -0.263. The average Bonchev–Trinajstić information content (AvgIpc) is 2.19. The summed E-state index contributed by atoms with van der Waals surface area (Å²) < 4.78 is 12.7. The molecule has 1 saturated heterocycles. The van der Waals surface area contributed by atoms with E-state index in [4.69, 9.17) is 0 Å². The predicted octanol–water partition coefficient (Wildman–Crippen LogP) is 1.86. The van der Waals surface area contributed by atoms with Crippen LogP contribution in [-0.4, -0.2) is 18.1 Å². The molecular weight excluding hydrogens is 179 g/mol. The maximum Gasteiger partial charge on any atom is 0.141 e. The molecule has 0 amide bonds. The second-order valence-corrected chi connectivity index (χ2v) is 4.20. The van der Waals surface area contributed by atoms with Crippen molar-refractivity contribution < 1.29 is 4.39 Å². The van der Waals surface area contributed by atoms with E-state index in [9.17, 15) is 4.39 Å². The van der Waals surface area contributed by atoms with Crippen molar-refractivity contribution in [3.63, 3.8) is 0 Å². The molecule has 1 N–H and O–H groups in total. The Morgan fingerprint density at radius 2 is 2.36 bits per heavy atom. The first-order valence-corrected chi connectivity index (χ1v) is 5.03. The van der Waals surface area contributed by atoms with E-state index in [1.54, 1.807) is 6.07 Å². The Kier molecular flexibility index (Phi) is 2.50. The molecule has 3 heteroatoms. The lowest BCUT2D eigenvalue weighted by Gasteiger charge is -2.33. The Bertz CT molecular complexity index is 302. The van der Waals surface area contributed by atoms with Crippen LogP contribution in [0.25, 0.3) is 0 Å². The molecule has 0 radical (unpaired) electrons. The number of nitrogens with one attached hydrogen (secondary N) is 1. The van der Waals surface area contributed by atoms with Crippen LogP contribution in [-0.2, 0) is 5.41 Å². The quantitative estimate of drug-likeness (QED) is 0.738. The van der Waals surface area contributed by atoms with Crippen molar-refractivity contribution in [1.29, 1.82) is 0 Å². The summed E-state index contributed by atoms with van der Waals surface area (Å²) in [4.78, 5) is 4.16. The molecule has 1 unspecified atom stereocenters. The number of aromatic nitrogens is 1. The Balaban J connectivity index is 2.23. The number of nitrogens with zero attached hydrogens (tertiary/aromatic N) is 1. The highest BCUT2D eigenvalue weighted by Gasteiger charge is 2.29. The highest BCUT2D eigenvalue weighted by molar-refractivity contribution is 5.17. The van der Waals surface area contributed by atoms with Gasteiger partial charge in [0.1, 0.15) is 5.82 Å². The Morgan fingerprint density at radius 1 is 1.50 bits per heavy atom. The molecule has 0 aliphatic carbocycles. The van der Waals surface area contributed by atoms with Gasteiger partial charge in [-0.05, 0) is 31.5 Å². The molecule has 1 aliphatic heterocycles. The third-order valence-corrected chi connectivity index (χ3v) is 2.94. The fourth-order valence-electron chi connectivity index (χ4n) is 2.01. The van der Waals surface area contributed by atoms with Crippen molar-refractivity contribution in [1.82, 2.24) is 10.3 Å². The zero-order chi connectivity index (χ0) is 10.0. The summed E-state index contributed by atoms with van der Waals surface area (Å²) in [6.45, 7) is 4.20. The van der Waals surface area contributed by atoms with Crippen LogP contribution >= 0.6 is 0 Å². The van der Waals surface area contributed by atoms with Crippen LogP contribution in [0, 0.1) is 5.82 Å². The molecule has 76 valence electrons. The lowest BCUT2D eigenvalue weighted by atomic mass is 9.79. The van der Waals surface area contributed by atoms with Gasteiger partial charge in [0.2, 0.25) is 0 Å². The molecule has 2 heterocycles. The fraction of sp³-hybridized carbons (Fsp3) is 0.545. The molecular formula is C11H15FN2. The van der Waals surface area contributed by atoms with E-state index >= 15 is 0 Å². The lowest BCUT2D eigenvalue weighted by Crippen LogP contribution is -2.41. The summed E-state index contributed by atoms with van der Waals surface area (Å²) in [5, 5.41) is 3.35. The molecule has 0 spiro atoms. The SMILES string of the molecule is CC1(c2ccc(F)cn2)CCCNC1. The van der Waals surface area contributed by atoms with Gasteiger partial charge in [0.05, 0.1) is 6.20 Å².